The van der Waals surface area contributed by atoms with Crippen molar-refractivity contribution < 1.29 is 19.5 Å². The van der Waals surface area contributed by atoms with E-state index in [2.05, 4.69) is 0 Å². The van der Waals surface area contributed by atoms with Gasteiger partial charge in [-0.25, -0.2) is 0 Å². The zero-order valence-corrected chi connectivity index (χ0v) is 18.4. The van der Waals surface area contributed by atoms with Crippen LogP contribution in [0.1, 0.15) is 81.0 Å². The molecule has 0 unspecified atom stereocenters. The van der Waals surface area contributed by atoms with Crippen LogP contribution in [0.25, 0.3) is 0 Å². The number of amides is 2. The van der Waals surface area contributed by atoms with Crippen LogP contribution in [0.4, 0.5) is 0 Å². The first-order valence-corrected chi connectivity index (χ1v) is 10.4. The third-order valence-corrected chi connectivity index (χ3v) is 5.28. The molecule has 1 fully saturated rings. The van der Waals surface area contributed by atoms with Crippen molar-refractivity contribution in [3.05, 3.63) is 46.7 Å². The summed E-state index contributed by atoms with van der Waals surface area (Å²) in [5.74, 6) is -0.732. The third-order valence-electron chi connectivity index (χ3n) is 5.28. The fourth-order valence-corrected chi connectivity index (χ4v) is 4.09. The zero-order valence-electron chi connectivity index (χ0n) is 18.4. The van der Waals surface area contributed by atoms with Gasteiger partial charge in [0.15, 0.2) is 5.78 Å². The predicted octanol–water partition coefficient (Wildman–Crippen LogP) is 4.50. The highest BCUT2D eigenvalue weighted by Crippen LogP contribution is 2.36. The van der Waals surface area contributed by atoms with Gasteiger partial charge in [-0.15, -0.1) is 0 Å². The first-order chi connectivity index (χ1) is 13.9. The quantitative estimate of drug-likeness (QED) is 0.450. The SMILES string of the molecule is CC1(C)CC(=O)/C(=C(\O)CCCN2C(=O)c3ccccc3C2=O)C(=NC(C)(C)C)C1. The molecular formula is C24H30N2O4. The molecule has 0 spiro atoms. The van der Waals surface area contributed by atoms with Crippen molar-refractivity contribution >= 4 is 23.3 Å². The number of aliphatic hydroxyl groups excluding tert-OH is 1. The summed E-state index contributed by atoms with van der Waals surface area (Å²) >= 11 is 0. The summed E-state index contributed by atoms with van der Waals surface area (Å²) in [5, 5.41) is 10.8. The Morgan fingerprint density at radius 2 is 1.63 bits per heavy atom. The van der Waals surface area contributed by atoms with E-state index in [1.807, 2.05) is 34.6 Å². The number of carbonyl (C=O) groups is 3. The molecule has 1 aliphatic carbocycles. The molecule has 6 nitrogen and oxygen atoms in total. The van der Waals surface area contributed by atoms with E-state index in [4.69, 9.17) is 4.99 Å². The average Bonchev–Trinajstić information content (AvgIpc) is 2.84. The van der Waals surface area contributed by atoms with E-state index in [0.717, 1.165) is 0 Å². The van der Waals surface area contributed by atoms with Crippen molar-refractivity contribution in [3.8, 4) is 0 Å². The minimum Gasteiger partial charge on any atom is -0.511 e. The Kier molecular flexibility index (Phi) is 5.72. The smallest absolute Gasteiger partial charge is 0.261 e. The second-order valence-electron chi connectivity index (χ2n) is 9.90. The van der Waals surface area contributed by atoms with Gasteiger partial charge in [0.1, 0.15) is 5.76 Å². The fourth-order valence-electron chi connectivity index (χ4n) is 4.09. The van der Waals surface area contributed by atoms with Crippen molar-refractivity contribution in [2.24, 2.45) is 10.4 Å². The van der Waals surface area contributed by atoms with Crippen molar-refractivity contribution in [1.29, 1.82) is 0 Å². The topological polar surface area (TPSA) is 87.0 Å². The molecule has 0 radical (unpaired) electrons. The normalized spacial score (nSPS) is 22.0. The minimum atomic E-state index is -0.366. The van der Waals surface area contributed by atoms with Gasteiger partial charge in [0.05, 0.1) is 28.0 Å². The standard InChI is InChI=1S/C24H30N2O4/c1-23(2,3)25-17-13-24(4,5)14-19(28)20(17)18(27)11-8-12-26-21(29)15-9-6-7-10-16(15)22(26)30/h6-7,9-10,27H,8,11-14H2,1-5H3/b20-18-,25-17?. The molecule has 2 aliphatic rings. The van der Waals surface area contributed by atoms with Crippen LogP contribution in [-0.2, 0) is 4.79 Å². The van der Waals surface area contributed by atoms with Crippen molar-refractivity contribution in [2.75, 3.05) is 6.54 Å². The van der Waals surface area contributed by atoms with Crippen LogP contribution in [0.3, 0.4) is 0 Å². The summed E-state index contributed by atoms with van der Waals surface area (Å²) in [5.41, 5.74) is 1.21. The van der Waals surface area contributed by atoms with Gasteiger partial charge in [-0.1, -0.05) is 26.0 Å². The van der Waals surface area contributed by atoms with Gasteiger partial charge in [0, 0.05) is 19.4 Å². The number of aliphatic imine (C=N–C) groups is 1. The Morgan fingerprint density at radius 1 is 1.07 bits per heavy atom. The van der Waals surface area contributed by atoms with E-state index in [9.17, 15) is 19.5 Å². The number of hydrogen-bond donors (Lipinski definition) is 1. The van der Waals surface area contributed by atoms with Crippen LogP contribution >= 0.6 is 0 Å². The molecule has 0 aromatic heterocycles. The van der Waals surface area contributed by atoms with E-state index < -0.39 is 0 Å². The van der Waals surface area contributed by atoms with Crippen LogP contribution in [-0.4, -0.2) is 45.4 Å². The average molecular weight is 411 g/mol. The molecule has 2 amide bonds. The number of Topliss-reactive ketones (excluding diaryl/α,β-unsaturated/α-hetero) is 1. The van der Waals surface area contributed by atoms with E-state index in [1.54, 1.807) is 24.3 Å². The molecular weight excluding hydrogens is 380 g/mol. The molecule has 1 aliphatic heterocycles. The Labute approximate surface area is 177 Å². The van der Waals surface area contributed by atoms with Crippen LogP contribution in [0.15, 0.2) is 40.6 Å². The molecule has 1 aromatic rings. The molecule has 6 heteroatoms. The molecule has 0 atom stereocenters. The number of rotatable bonds is 4. The summed E-state index contributed by atoms with van der Waals surface area (Å²) in [6.07, 6.45) is 1.56. The lowest BCUT2D eigenvalue weighted by molar-refractivity contribution is -0.117. The van der Waals surface area contributed by atoms with Crippen LogP contribution in [0.2, 0.25) is 0 Å². The summed E-state index contributed by atoms with van der Waals surface area (Å²) in [7, 11) is 0. The summed E-state index contributed by atoms with van der Waals surface area (Å²) in [6, 6.07) is 6.76. The molecule has 3 rings (SSSR count). The molecule has 1 N–H and O–H groups in total. The number of ketones is 1. The van der Waals surface area contributed by atoms with E-state index >= 15 is 0 Å². The zero-order chi connectivity index (χ0) is 22.3. The van der Waals surface area contributed by atoms with Gasteiger partial charge < -0.3 is 5.11 Å². The summed E-state index contributed by atoms with van der Waals surface area (Å²) in [6.45, 7) is 10.1. The Morgan fingerprint density at radius 3 is 2.17 bits per heavy atom. The van der Waals surface area contributed by atoms with Gasteiger partial charge in [-0.05, 0) is 51.2 Å². The highest BCUT2D eigenvalue weighted by Gasteiger charge is 2.37. The highest BCUT2D eigenvalue weighted by atomic mass is 16.3. The number of aliphatic hydroxyl groups is 1. The molecule has 0 saturated heterocycles. The number of fused-ring (bicyclic) bond motifs is 1. The van der Waals surface area contributed by atoms with Crippen molar-refractivity contribution in [2.45, 2.75) is 65.8 Å². The van der Waals surface area contributed by atoms with Gasteiger partial charge in [-0.3, -0.25) is 24.3 Å². The Balaban J connectivity index is 1.76. The predicted molar refractivity (Wildman–Crippen MR) is 116 cm³/mol. The summed E-state index contributed by atoms with van der Waals surface area (Å²) < 4.78 is 0. The van der Waals surface area contributed by atoms with Crippen LogP contribution < -0.4 is 0 Å². The first-order valence-electron chi connectivity index (χ1n) is 10.4. The van der Waals surface area contributed by atoms with E-state index in [0.29, 0.717) is 41.7 Å². The fraction of sp³-hybridized carbons (Fsp3) is 0.500. The number of hydrogen-bond acceptors (Lipinski definition) is 5. The lowest BCUT2D eigenvalue weighted by atomic mass is 9.73. The number of imide groups is 1. The van der Waals surface area contributed by atoms with Gasteiger partial charge in [0.2, 0.25) is 0 Å². The maximum absolute atomic E-state index is 12.8. The minimum absolute atomic E-state index is 0.00453. The molecule has 1 aromatic carbocycles. The Bertz CT molecular complexity index is 929. The molecule has 0 bridgehead atoms. The Hall–Kier alpha value is -2.76. The highest BCUT2D eigenvalue weighted by molar-refractivity contribution is 6.25. The first kappa shape index (κ1) is 21.9. The summed E-state index contributed by atoms with van der Waals surface area (Å²) in [4.78, 5) is 43.7. The molecule has 160 valence electrons. The number of allylic oxidation sites excluding steroid dienone is 2. The largest absolute Gasteiger partial charge is 0.511 e. The third kappa shape index (κ3) is 4.53. The second kappa shape index (κ2) is 7.82. The molecule has 1 saturated carbocycles. The van der Waals surface area contributed by atoms with E-state index in [1.165, 1.54) is 4.90 Å². The van der Waals surface area contributed by atoms with Crippen molar-refractivity contribution in [1.82, 2.24) is 4.90 Å². The number of nitrogens with zero attached hydrogens (tertiary/aromatic N) is 2. The van der Waals surface area contributed by atoms with Gasteiger partial charge >= 0.3 is 0 Å². The lowest BCUT2D eigenvalue weighted by Gasteiger charge is -2.33. The monoisotopic (exact) mass is 410 g/mol. The maximum atomic E-state index is 12.8. The van der Waals surface area contributed by atoms with E-state index in [-0.39, 0.29) is 47.3 Å². The van der Waals surface area contributed by atoms with Crippen molar-refractivity contribution in [3.63, 3.8) is 0 Å². The van der Waals surface area contributed by atoms with Gasteiger partial charge in [-0.2, -0.15) is 0 Å². The molecule has 1 heterocycles. The second-order valence-corrected chi connectivity index (χ2v) is 9.90. The van der Waals surface area contributed by atoms with Crippen LogP contribution in [0.5, 0.6) is 0 Å². The number of carbonyl (C=O) groups excluding carboxylic acids is 3. The lowest BCUT2D eigenvalue weighted by Crippen LogP contribution is -2.34. The maximum Gasteiger partial charge on any atom is 0.261 e. The van der Waals surface area contributed by atoms with Crippen LogP contribution in [0, 0.1) is 5.41 Å². The molecule has 30 heavy (non-hydrogen) atoms. The van der Waals surface area contributed by atoms with Gasteiger partial charge in [0.25, 0.3) is 11.8 Å². The number of benzene rings is 1.